The lowest BCUT2D eigenvalue weighted by Gasteiger charge is -2.23. The van der Waals surface area contributed by atoms with Gasteiger partial charge in [0, 0.05) is 32.4 Å². The van der Waals surface area contributed by atoms with Crippen LogP contribution in [-0.4, -0.2) is 54.5 Å². The zero-order chi connectivity index (χ0) is 14.8. The maximum Gasteiger partial charge on any atom is 0.260 e. The molecule has 3 N–H and O–H groups in total. The van der Waals surface area contributed by atoms with Crippen LogP contribution in [0.25, 0.3) is 0 Å². The van der Waals surface area contributed by atoms with Crippen LogP contribution in [0.15, 0.2) is 17.6 Å². The zero-order valence-electron chi connectivity index (χ0n) is 11.7. The summed E-state index contributed by atoms with van der Waals surface area (Å²) in [6.07, 6.45) is 4.54. The molecule has 21 heavy (non-hydrogen) atoms. The Bertz CT molecular complexity index is 588. The number of nitrogens with one attached hydrogen (secondary N) is 1. The second-order valence-corrected chi connectivity index (χ2v) is 6.53. The van der Waals surface area contributed by atoms with Crippen molar-refractivity contribution in [3.05, 3.63) is 12.5 Å². The molecule has 0 bridgehead atoms. The van der Waals surface area contributed by atoms with Crippen LogP contribution in [0.2, 0.25) is 0 Å². The van der Waals surface area contributed by atoms with Crippen molar-refractivity contribution in [3.8, 4) is 0 Å². The summed E-state index contributed by atoms with van der Waals surface area (Å²) in [4.78, 5) is 17.4. The van der Waals surface area contributed by atoms with Gasteiger partial charge in [0.15, 0.2) is 5.03 Å². The summed E-state index contributed by atoms with van der Waals surface area (Å²) in [6.45, 7) is 0.764. The number of nitrogens with zero attached hydrogens (tertiary/aromatic N) is 3. The van der Waals surface area contributed by atoms with Gasteiger partial charge in [-0.1, -0.05) is 0 Å². The number of hydrogen-bond acceptors (Lipinski definition) is 5. The molecule has 2 rings (SSSR count). The second kappa shape index (κ2) is 7.21. The molecular formula is C11H20ClN5O3S. The Kier molecular flexibility index (Phi) is 6.14. The third-order valence-electron chi connectivity index (χ3n) is 3.34. The van der Waals surface area contributed by atoms with E-state index in [1.165, 1.54) is 17.1 Å². The largest absolute Gasteiger partial charge is 0.339 e. The maximum atomic E-state index is 12.0. The summed E-state index contributed by atoms with van der Waals surface area (Å²) in [6, 6.07) is 0.0156. The molecule has 0 spiro atoms. The van der Waals surface area contributed by atoms with Crippen LogP contribution >= 0.6 is 12.4 Å². The van der Waals surface area contributed by atoms with E-state index in [1.54, 1.807) is 11.9 Å². The van der Waals surface area contributed by atoms with Crippen molar-refractivity contribution in [1.82, 2.24) is 19.2 Å². The molecule has 1 fully saturated rings. The average molecular weight is 338 g/mol. The highest BCUT2D eigenvalue weighted by molar-refractivity contribution is 7.89. The number of sulfonamides is 1. The van der Waals surface area contributed by atoms with Gasteiger partial charge in [0.2, 0.25) is 5.91 Å². The van der Waals surface area contributed by atoms with Crippen LogP contribution in [0.5, 0.6) is 0 Å². The number of hydrogen-bond donors (Lipinski definition) is 2. The molecule has 1 aromatic heterocycles. The summed E-state index contributed by atoms with van der Waals surface area (Å²) in [7, 11) is -2.08. The Labute approximate surface area is 130 Å². The quantitative estimate of drug-likeness (QED) is 0.721. The molecule has 0 saturated carbocycles. The average Bonchev–Trinajstić information content (AvgIpc) is 3.04. The van der Waals surface area contributed by atoms with Gasteiger partial charge in [0.1, 0.15) is 0 Å². The lowest BCUT2D eigenvalue weighted by atomic mass is 10.2. The van der Waals surface area contributed by atoms with Crippen LogP contribution in [-0.2, 0) is 21.9 Å². The number of imidazole rings is 1. The van der Waals surface area contributed by atoms with Gasteiger partial charge >= 0.3 is 0 Å². The molecular weight excluding hydrogens is 318 g/mol. The minimum Gasteiger partial charge on any atom is -0.339 e. The van der Waals surface area contributed by atoms with E-state index >= 15 is 0 Å². The van der Waals surface area contributed by atoms with E-state index in [2.05, 4.69) is 9.71 Å². The number of halogens is 1. The molecule has 1 aliphatic rings. The third kappa shape index (κ3) is 4.16. The van der Waals surface area contributed by atoms with Crippen LogP contribution in [0.4, 0.5) is 0 Å². The van der Waals surface area contributed by atoms with Gasteiger partial charge in [-0.25, -0.2) is 18.1 Å². The van der Waals surface area contributed by atoms with E-state index in [0.717, 1.165) is 12.8 Å². The number of nitrogens with two attached hydrogens (primary N) is 1. The van der Waals surface area contributed by atoms with Crippen LogP contribution in [0.3, 0.4) is 0 Å². The fraction of sp³-hybridized carbons (Fsp3) is 0.636. The van der Waals surface area contributed by atoms with Crippen molar-refractivity contribution in [3.63, 3.8) is 0 Å². The number of amides is 1. The van der Waals surface area contributed by atoms with E-state index in [1.807, 2.05) is 0 Å². The molecule has 0 radical (unpaired) electrons. The molecule has 1 unspecified atom stereocenters. The summed E-state index contributed by atoms with van der Waals surface area (Å²) in [5.41, 5.74) is 5.59. The molecule has 0 aliphatic carbocycles. The first kappa shape index (κ1) is 17.9. The second-order valence-electron chi connectivity index (χ2n) is 4.82. The molecule has 1 atom stereocenters. The predicted molar refractivity (Wildman–Crippen MR) is 79.4 cm³/mol. The molecule has 1 saturated heterocycles. The third-order valence-corrected chi connectivity index (χ3v) is 4.63. The molecule has 1 amide bonds. The molecule has 10 heteroatoms. The van der Waals surface area contributed by atoms with Gasteiger partial charge in [-0.2, -0.15) is 0 Å². The Balaban J connectivity index is 0.00000220. The minimum absolute atomic E-state index is 0. The lowest BCUT2D eigenvalue weighted by molar-refractivity contribution is -0.130. The van der Waals surface area contributed by atoms with Crippen molar-refractivity contribution in [2.75, 3.05) is 19.6 Å². The van der Waals surface area contributed by atoms with E-state index in [9.17, 15) is 13.2 Å². The molecule has 2 heterocycles. The fourth-order valence-electron chi connectivity index (χ4n) is 2.27. The van der Waals surface area contributed by atoms with Gasteiger partial charge < -0.3 is 15.2 Å². The van der Waals surface area contributed by atoms with Gasteiger partial charge in [0.05, 0.1) is 12.9 Å². The van der Waals surface area contributed by atoms with E-state index in [0.29, 0.717) is 13.1 Å². The highest BCUT2D eigenvalue weighted by atomic mass is 35.5. The van der Waals surface area contributed by atoms with Crippen molar-refractivity contribution in [2.24, 2.45) is 12.8 Å². The lowest BCUT2D eigenvalue weighted by Crippen LogP contribution is -2.45. The summed E-state index contributed by atoms with van der Waals surface area (Å²) in [5.74, 6) is -0.252. The number of carbonyl (C=O) groups excluding carboxylic acids is 1. The van der Waals surface area contributed by atoms with E-state index in [-0.39, 0.29) is 35.9 Å². The van der Waals surface area contributed by atoms with Crippen LogP contribution in [0, 0.1) is 0 Å². The number of aryl methyl sites for hydroxylation is 1. The highest BCUT2D eigenvalue weighted by Gasteiger charge is 2.28. The first-order valence-corrected chi connectivity index (χ1v) is 7.89. The fourth-order valence-corrected chi connectivity index (χ4v) is 3.22. The number of aromatic nitrogens is 2. The van der Waals surface area contributed by atoms with Crippen molar-refractivity contribution < 1.29 is 13.2 Å². The Morgan fingerprint density at radius 2 is 2.29 bits per heavy atom. The van der Waals surface area contributed by atoms with Crippen LogP contribution in [0.1, 0.15) is 12.8 Å². The Morgan fingerprint density at radius 1 is 1.57 bits per heavy atom. The van der Waals surface area contributed by atoms with Crippen molar-refractivity contribution in [2.45, 2.75) is 23.9 Å². The van der Waals surface area contributed by atoms with Gasteiger partial charge in [-0.05, 0) is 12.8 Å². The SMILES string of the molecule is Cl.Cn1cnc(S(=O)(=O)NCC(=O)N2CCCC2CN)c1. The molecule has 120 valence electrons. The normalized spacial score (nSPS) is 18.6. The predicted octanol–water partition coefficient (Wildman–Crippen LogP) is -0.930. The zero-order valence-corrected chi connectivity index (χ0v) is 13.4. The Morgan fingerprint density at radius 3 is 2.86 bits per heavy atom. The number of carbonyl (C=O) groups is 1. The summed E-state index contributed by atoms with van der Waals surface area (Å²) < 4.78 is 27.7. The van der Waals surface area contributed by atoms with Gasteiger partial charge in [0.25, 0.3) is 10.0 Å². The first-order chi connectivity index (χ1) is 9.44. The molecule has 8 nitrogen and oxygen atoms in total. The maximum absolute atomic E-state index is 12.0. The molecule has 0 aromatic carbocycles. The minimum atomic E-state index is -3.75. The van der Waals surface area contributed by atoms with Gasteiger partial charge in [-0.15, -0.1) is 12.4 Å². The van der Waals surface area contributed by atoms with Crippen LogP contribution < -0.4 is 10.5 Å². The highest BCUT2D eigenvalue weighted by Crippen LogP contribution is 2.16. The number of rotatable bonds is 5. The number of likely N-dealkylation sites (tertiary alicyclic amines) is 1. The summed E-state index contributed by atoms with van der Waals surface area (Å²) in [5, 5.41) is -0.0930. The summed E-state index contributed by atoms with van der Waals surface area (Å²) >= 11 is 0. The molecule has 1 aliphatic heterocycles. The first-order valence-electron chi connectivity index (χ1n) is 6.41. The van der Waals surface area contributed by atoms with Crippen molar-refractivity contribution in [1.29, 1.82) is 0 Å². The smallest absolute Gasteiger partial charge is 0.260 e. The monoisotopic (exact) mass is 337 g/mol. The van der Waals surface area contributed by atoms with Crippen molar-refractivity contribution >= 4 is 28.3 Å². The van der Waals surface area contributed by atoms with E-state index in [4.69, 9.17) is 5.73 Å². The standard InChI is InChI=1S/C11H19N5O3S.ClH/c1-15-7-10(13-8-15)20(18,19)14-6-11(17)16-4-2-3-9(16)5-12;/h7-9,14H,2-6,12H2,1H3;1H. The van der Waals surface area contributed by atoms with Gasteiger partial charge in [-0.3, -0.25) is 4.79 Å². The molecule has 1 aromatic rings. The Hall–Kier alpha value is -1.16. The topological polar surface area (TPSA) is 110 Å². The van der Waals surface area contributed by atoms with E-state index < -0.39 is 10.0 Å².